The number of hydrogen-bond donors (Lipinski definition) is 9. The maximum atomic E-state index is 10.7. The van der Waals surface area contributed by atoms with Gasteiger partial charge in [-0.3, -0.25) is 0 Å². The fourth-order valence-corrected chi connectivity index (χ4v) is 5.30. The van der Waals surface area contributed by atoms with E-state index in [-0.39, 0.29) is 6.61 Å². The SMILES string of the molecule is CCCCCCCCCCCCC/C=C/[C@@H](O)[C@@H](N)CO[C@@H]1OC(CO)[C@@H](O[C@@H]2OC(CO)[C@H](O)C(O)[C@@H]2O)[C@H](O)C1O. The lowest BCUT2D eigenvalue weighted by Gasteiger charge is -2.46. The van der Waals surface area contributed by atoms with Crippen LogP contribution in [0.25, 0.3) is 0 Å². The Hall–Kier alpha value is -0.780. The maximum absolute atomic E-state index is 10.7. The summed E-state index contributed by atoms with van der Waals surface area (Å²) in [5, 5.41) is 81.0. The summed E-state index contributed by atoms with van der Waals surface area (Å²) in [7, 11) is 0. The van der Waals surface area contributed by atoms with Crippen LogP contribution in [-0.4, -0.2) is 134 Å². The van der Waals surface area contributed by atoms with E-state index < -0.39 is 86.8 Å². The summed E-state index contributed by atoms with van der Waals surface area (Å²) in [6.45, 7) is 0.641. The third kappa shape index (κ3) is 12.5. The molecule has 12 atom stereocenters. The first-order valence-corrected chi connectivity index (χ1v) is 16.0. The molecule has 13 nitrogen and oxygen atoms in total. The highest BCUT2D eigenvalue weighted by molar-refractivity contribution is 4.96. The van der Waals surface area contributed by atoms with Gasteiger partial charge in [-0.15, -0.1) is 0 Å². The quantitative estimate of drug-likeness (QED) is 0.0585. The maximum Gasteiger partial charge on any atom is 0.187 e. The van der Waals surface area contributed by atoms with Gasteiger partial charge in [0.05, 0.1) is 32.0 Å². The third-order valence-electron chi connectivity index (χ3n) is 8.16. The van der Waals surface area contributed by atoms with Gasteiger partial charge < -0.3 is 65.5 Å². The van der Waals surface area contributed by atoms with Gasteiger partial charge in [0.25, 0.3) is 0 Å². The van der Waals surface area contributed by atoms with E-state index in [1.165, 1.54) is 57.8 Å². The summed E-state index contributed by atoms with van der Waals surface area (Å²) >= 11 is 0. The van der Waals surface area contributed by atoms with E-state index in [0.717, 1.165) is 19.3 Å². The van der Waals surface area contributed by atoms with Gasteiger partial charge >= 0.3 is 0 Å². The Balaban J connectivity index is 1.70. The summed E-state index contributed by atoms with van der Waals surface area (Å²) in [5.74, 6) is 0. The first kappa shape index (κ1) is 38.4. The molecule has 254 valence electrons. The van der Waals surface area contributed by atoms with Gasteiger partial charge in [-0.25, -0.2) is 0 Å². The predicted octanol–water partition coefficient (Wildman–Crippen LogP) is -0.427. The van der Waals surface area contributed by atoms with Crippen LogP contribution in [0, 0.1) is 0 Å². The molecular weight excluding hydrogens is 566 g/mol. The number of hydrogen-bond acceptors (Lipinski definition) is 13. The van der Waals surface area contributed by atoms with Crippen LogP contribution in [0.1, 0.15) is 84.0 Å². The number of allylic oxidation sites excluding steroid dienone is 1. The first-order chi connectivity index (χ1) is 20.7. The molecule has 10 N–H and O–H groups in total. The fraction of sp³-hybridized carbons (Fsp3) is 0.933. The molecule has 0 aromatic rings. The topological polar surface area (TPSA) is 225 Å². The van der Waals surface area contributed by atoms with Gasteiger partial charge in [0.1, 0.15) is 48.8 Å². The Kier molecular flexibility index (Phi) is 18.8. The Bertz CT molecular complexity index is 744. The molecule has 0 amide bonds. The molecule has 2 aliphatic rings. The Morgan fingerprint density at radius 1 is 0.698 bits per heavy atom. The van der Waals surface area contributed by atoms with Crippen molar-refractivity contribution in [1.82, 2.24) is 0 Å². The minimum Gasteiger partial charge on any atom is -0.394 e. The van der Waals surface area contributed by atoms with Crippen molar-refractivity contribution in [2.24, 2.45) is 5.73 Å². The first-order valence-electron chi connectivity index (χ1n) is 16.0. The summed E-state index contributed by atoms with van der Waals surface area (Å²) < 4.78 is 21.9. The molecule has 2 heterocycles. The second-order valence-corrected chi connectivity index (χ2v) is 11.7. The van der Waals surface area contributed by atoms with Gasteiger partial charge in [0.15, 0.2) is 12.6 Å². The van der Waals surface area contributed by atoms with Crippen LogP contribution in [0.5, 0.6) is 0 Å². The average Bonchev–Trinajstić information content (AvgIpc) is 3.01. The van der Waals surface area contributed by atoms with E-state index in [1.54, 1.807) is 6.08 Å². The van der Waals surface area contributed by atoms with E-state index >= 15 is 0 Å². The van der Waals surface area contributed by atoms with E-state index in [1.807, 2.05) is 6.08 Å². The molecular formula is C30H57NO12. The predicted molar refractivity (Wildman–Crippen MR) is 157 cm³/mol. The Morgan fingerprint density at radius 3 is 1.81 bits per heavy atom. The van der Waals surface area contributed by atoms with Crippen molar-refractivity contribution in [1.29, 1.82) is 0 Å². The molecule has 43 heavy (non-hydrogen) atoms. The van der Waals surface area contributed by atoms with Crippen molar-refractivity contribution in [2.45, 2.75) is 158 Å². The molecule has 4 unspecified atom stereocenters. The van der Waals surface area contributed by atoms with Crippen LogP contribution in [0.15, 0.2) is 12.2 Å². The lowest BCUT2D eigenvalue weighted by Crippen LogP contribution is -2.64. The smallest absolute Gasteiger partial charge is 0.187 e. The summed E-state index contributed by atoms with van der Waals surface area (Å²) in [6.07, 6.45) is 1.80. The van der Waals surface area contributed by atoms with Gasteiger partial charge in [-0.2, -0.15) is 0 Å². The lowest BCUT2D eigenvalue weighted by atomic mass is 9.97. The molecule has 0 spiro atoms. The zero-order chi connectivity index (χ0) is 31.8. The molecule has 0 aromatic heterocycles. The third-order valence-corrected chi connectivity index (χ3v) is 8.16. The zero-order valence-corrected chi connectivity index (χ0v) is 25.5. The zero-order valence-electron chi connectivity index (χ0n) is 25.5. The van der Waals surface area contributed by atoms with Crippen molar-refractivity contribution in [2.75, 3.05) is 19.8 Å². The van der Waals surface area contributed by atoms with Gasteiger partial charge in [-0.1, -0.05) is 83.3 Å². The Morgan fingerprint density at radius 2 is 1.23 bits per heavy atom. The second-order valence-electron chi connectivity index (χ2n) is 11.7. The monoisotopic (exact) mass is 623 g/mol. The van der Waals surface area contributed by atoms with E-state index in [0.29, 0.717) is 0 Å². The normalized spacial score (nSPS) is 34.9. The van der Waals surface area contributed by atoms with Crippen LogP contribution in [0.2, 0.25) is 0 Å². The average molecular weight is 624 g/mol. The molecule has 0 aromatic carbocycles. The molecule has 13 heteroatoms. The van der Waals surface area contributed by atoms with Gasteiger partial charge in [-0.05, 0) is 12.8 Å². The van der Waals surface area contributed by atoms with E-state index in [4.69, 9.17) is 24.7 Å². The standard InChI is InChI=1S/C30H57NO12/c1-2-3-4-5-6-7-8-9-10-11-12-13-14-15-20(34)19(31)18-40-29-27(39)25(37)28(22(17-33)42-29)43-30-26(38)24(36)23(35)21(16-32)41-30/h14-15,19-30,32-39H,2-13,16-18,31H2,1H3/b15-14+/t19-,20+,21?,22?,23-,24?,25+,26-,27?,28+,29+,30-/m0/s1. The van der Waals surface area contributed by atoms with Crippen LogP contribution in [0.3, 0.4) is 0 Å². The summed E-state index contributed by atoms with van der Waals surface area (Å²) in [6, 6.07) is -0.850. The highest BCUT2D eigenvalue weighted by Crippen LogP contribution is 2.29. The summed E-state index contributed by atoms with van der Waals surface area (Å²) in [4.78, 5) is 0. The van der Waals surface area contributed by atoms with Crippen molar-refractivity contribution >= 4 is 0 Å². The lowest BCUT2D eigenvalue weighted by molar-refractivity contribution is -0.359. The number of unbranched alkanes of at least 4 members (excludes halogenated alkanes) is 11. The van der Waals surface area contributed by atoms with E-state index in [9.17, 15) is 40.9 Å². The summed E-state index contributed by atoms with van der Waals surface area (Å²) in [5.41, 5.74) is 6.04. The molecule has 2 aliphatic heterocycles. The number of aliphatic hydroxyl groups is 8. The van der Waals surface area contributed by atoms with Crippen molar-refractivity contribution < 1.29 is 59.8 Å². The molecule has 0 aliphatic carbocycles. The fourth-order valence-electron chi connectivity index (χ4n) is 5.30. The second kappa shape index (κ2) is 21.1. The largest absolute Gasteiger partial charge is 0.394 e. The van der Waals surface area contributed by atoms with E-state index in [2.05, 4.69) is 6.92 Å². The molecule has 0 bridgehead atoms. The Labute approximate surface area is 255 Å². The minimum absolute atomic E-state index is 0.227. The molecule has 0 saturated carbocycles. The van der Waals surface area contributed by atoms with Crippen LogP contribution >= 0.6 is 0 Å². The number of aliphatic hydroxyl groups excluding tert-OH is 8. The van der Waals surface area contributed by atoms with Crippen molar-refractivity contribution in [3.8, 4) is 0 Å². The minimum atomic E-state index is -1.75. The van der Waals surface area contributed by atoms with Crippen LogP contribution in [0.4, 0.5) is 0 Å². The number of rotatable bonds is 21. The molecule has 2 fully saturated rings. The van der Waals surface area contributed by atoms with Crippen molar-refractivity contribution in [3.63, 3.8) is 0 Å². The van der Waals surface area contributed by atoms with Crippen LogP contribution < -0.4 is 5.73 Å². The molecule has 2 rings (SSSR count). The van der Waals surface area contributed by atoms with Crippen LogP contribution in [-0.2, 0) is 18.9 Å². The van der Waals surface area contributed by atoms with Gasteiger partial charge in [0.2, 0.25) is 0 Å². The highest BCUT2D eigenvalue weighted by Gasteiger charge is 2.50. The molecule has 0 radical (unpaired) electrons. The molecule has 2 saturated heterocycles. The number of ether oxygens (including phenoxy) is 4. The van der Waals surface area contributed by atoms with Crippen molar-refractivity contribution in [3.05, 3.63) is 12.2 Å². The number of nitrogens with two attached hydrogens (primary N) is 1. The highest BCUT2D eigenvalue weighted by atomic mass is 16.7. The van der Waals surface area contributed by atoms with Gasteiger partial charge in [0, 0.05) is 0 Å².